The number of amidine groups is 1. The number of thioether (sulfide) groups is 1. The van der Waals surface area contributed by atoms with Crippen molar-refractivity contribution < 1.29 is 9.53 Å². The SMILES string of the molecule is O=C1/C(=C/c2cc(Br)ccc2OCc2ccc(Cl)cc2)SC(=Nc2ccc(Cl)cc2)N1c1ccc(Cl)cc1. The van der Waals surface area contributed by atoms with Gasteiger partial charge in [0.25, 0.3) is 5.91 Å². The second-order valence-electron chi connectivity index (χ2n) is 8.20. The van der Waals surface area contributed by atoms with Gasteiger partial charge in [0.05, 0.1) is 16.3 Å². The number of carbonyl (C=O) groups excluding carboxylic acids is 1. The van der Waals surface area contributed by atoms with Gasteiger partial charge in [0, 0.05) is 25.1 Å². The van der Waals surface area contributed by atoms with Gasteiger partial charge in [0.2, 0.25) is 0 Å². The molecule has 9 heteroatoms. The molecular weight excluding hydrogens is 627 g/mol. The summed E-state index contributed by atoms with van der Waals surface area (Å²) in [6.07, 6.45) is 1.82. The van der Waals surface area contributed by atoms with Gasteiger partial charge in [-0.25, -0.2) is 4.99 Å². The molecule has 0 radical (unpaired) electrons. The third-order valence-corrected chi connectivity index (χ3v) is 7.73. The van der Waals surface area contributed by atoms with Gasteiger partial charge in [-0.05, 0) is 102 Å². The summed E-state index contributed by atoms with van der Waals surface area (Å²) in [6, 6.07) is 27.4. The van der Waals surface area contributed by atoms with E-state index < -0.39 is 0 Å². The summed E-state index contributed by atoms with van der Waals surface area (Å²) in [5.41, 5.74) is 3.08. The van der Waals surface area contributed by atoms with E-state index in [4.69, 9.17) is 44.5 Å². The first-order valence-electron chi connectivity index (χ1n) is 11.4. The van der Waals surface area contributed by atoms with E-state index in [0.29, 0.717) is 48.9 Å². The Bertz CT molecular complexity index is 1540. The van der Waals surface area contributed by atoms with Crippen LogP contribution in [0.1, 0.15) is 11.1 Å². The van der Waals surface area contributed by atoms with E-state index in [-0.39, 0.29) is 5.91 Å². The Kier molecular flexibility index (Phi) is 8.46. The third-order valence-electron chi connectivity index (χ3n) is 5.51. The zero-order valence-electron chi connectivity index (χ0n) is 19.6. The molecule has 0 bridgehead atoms. The Balaban J connectivity index is 1.50. The number of carbonyl (C=O) groups is 1. The quantitative estimate of drug-likeness (QED) is 0.196. The van der Waals surface area contributed by atoms with Gasteiger partial charge in [0.1, 0.15) is 12.4 Å². The molecule has 4 aromatic rings. The zero-order valence-corrected chi connectivity index (χ0v) is 24.2. The van der Waals surface area contributed by atoms with Crippen LogP contribution >= 0.6 is 62.5 Å². The molecule has 0 unspecified atom stereocenters. The number of hydrogen-bond acceptors (Lipinski definition) is 4. The molecule has 1 aliphatic heterocycles. The summed E-state index contributed by atoms with van der Waals surface area (Å²) in [5, 5.41) is 2.38. The summed E-state index contributed by atoms with van der Waals surface area (Å²) in [4.78, 5) is 20.5. The third kappa shape index (κ3) is 6.45. The van der Waals surface area contributed by atoms with Gasteiger partial charge < -0.3 is 4.74 Å². The Morgan fingerprint density at radius 2 is 1.45 bits per heavy atom. The lowest BCUT2D eigenvalue weighted by atomic mass is 10.1. The summed E-state index contributed by atoms with van der Waals surface area (Å²) in [6.45, 7) is 0.357. The molecule has 0 aromatic heterocycles. The van der Waals surface area contributed by atoms with Crippen molar-refractivity contribution in [2.45, 2.75) is 6.61 Å². The number of nitrogens with zero attached hydrogens (tertiary/aromatic N) is 2. The highest BCUT2D eigenvalue weighted by Gasteiger charge is 2.35. The first-order chi connectivity index (χ1) is 18.4. The molecule has 5 rings (SSSR count). The fourth-order valence-electron chi connectivity index (χ4n) is 3.64. The Labute approximate surface area is 248 Å². The molecule has 0 spiro atoms. The van der Waals surface area contributed by atoms with Crippen molar-refractivity contribution in [3.05, 3.63) is 127 Å². The van der Waals surface area contributed by atoms with E-state index >= 15 is 0 Å². The number of halogens is 4. The minimum atomic E-state index is -0.200. The van der Waals surface area contributed by atoms with E-state index in [9.17, 15) is 4.79 Å². The van der Waals surface area contributed by atoms with Crippen LogP contribution in [-0.4, -0.2) is 11.1 Å². The molecule has 1 heterocycles. The number of hydrogen-bond donors (Lipinski definition) is 0. The van der Waals surface area contributed by atoms with Crippen molar-refractivity contribution >= 4 is 91.0 Å². The van der Waals surface area contributed by atoms with E-state index in [1.54, 1.807) is 53.4 Å². The molecule has 1 fully saturated rings. The Morgan fingerprint density at radius 1 is 0.842 bits per heavy atom. The first-order valence-corrected chi connectivity index (χ1v) is 14.1. The highest BCUT2D eigenvalue weighted by Crippen LogP contribution is 2.39. The maximum Gasteiger partial charge on any atom is 0.271 e. The Hall–Kier alpha value is -2.74. The van der Waals surface area contributed by atoms with Gasteiger partial charge in [-0.1, -0.05) is 62.9 Å². The standard InChI is InChI=1S/C29H18BrCl3N2O2S/c30-20-3-14-26(37-17-18-1-4-21(31)5-2-18)19(15-20)16-27-28(36)35(25-12-8-23(33)9-13-25)29(38-27)34-24-10-6-22(32)7-11-24/h1-16H,17H2/b27-16-,34-29?. The van der Waals surface area contributed by atoms with Crippen LogP contribution in [0, 0.1) is 0 Å². The number of benzene rings is 4. The number of amides is 1. The zero-order chi connectivity index (χ0) is 26.6. The second-order valence-corrected chi connectivity index (χ2v) is 11.4. The smallest absolute Gasteiger partial charge is 0.271 e. The number of rotatable bonds is 6. The Morgan fingerprint density at radius 3 is 2.11 bits per heavy atom. The molecule has 190 valence electrons. The van der Waals surface area contributed by atoms with Crippen molar-refractivity contribution in [1.82, 2.24) is 0 Å². The van der Waals surface area contributed by atoms with Crippen LogP contribution < -0.4 is 9.64 Å². The molecule has 0 atom stereocenters. The number of ether oxygens (including phenoxy) is 1. The van der Waals surface area contributed by atoms with Crippen molar-refractivity contribution in [3.63, 3.8) is 0 Å². The van der Waals surface area contributed by atoms with Gasteiger partial charge in [0.15, 0.2) is 5.17 Å². The molecule has 1 amide bonds. The largest absolute Gasteiger partial charge is 0.488 e. The lowest BCUT2D eigenvalue weighted by molar-refractivity contribution is -0.113. The van der Waals surface area contributed by atoms with Crippen LogP contribution in [0.3, 0.4) is 0 Å². The van der Waals surface area contributed by atoms with Gasteiger partial charge in [-0.15, -0.1) is 0 Å². The minimum absolute atomic E-state index is 0.200. The number of anilines is 1. The summed E-state index contributed by atoms with van der Waals surface area (Å²) >= 11 is 23.0. The predicted octanol–water partition coefficient (Wildman–Crippen LogP) is 9.80. The molecule has 1 aliphatic rings. The number of aliphatic imine (C=N–C) groups is 1. The van der Waals surface area contributed by atoms with E-state index in [0.717, 1.165) is 15.6 Å². The van der Waals surface area contributed by atoms with E-state index in [1.807, 2.05) is 48.5 Å². The van der Waals surface area contributed by atoms with Crippen LogP contribution in [0.15, 0.2) is 105 Å². The average molecular weight is 645 g/mol. The fraction of sp³-hybridized carbons (Fsp3) is 0.0345. The highest BCUT2D eigenvalue weighted by atomic mass is 79.9. The van der Waals surface area contributed by atoms with Gasteiger partial charge >= 0.3 is 0 Å². The lowest BCUT2D eigenvalue weighted by Gasteiger charge is -2.15. The topological polar surface area (TPSA) is 41.9 Å². The molecular formula is C29H18BrCl3N2O2S. The van der Waals surface area contributed by atoms with Crippen molar-refractivity contribution in [1.29, 1.82) is 0 Å². The molecule has 38 heavy (non-hydrogen) atoms. The molecule has 0 saturated carbocycles. The van der Waals surface area contributed by atoms with Crippen LogP contribution in [0.2, 0.25) is 15.1 Å². The van der Waals surface area contributed by atoms with Crippen LogP contribution in [0.5, 0.6) is 5.75 Å². The molecule has 4 aromatic carbocycles. The molecule has 4 nitrogen and oxygen atoms in total. The average Bonchev–Trinajstić information content (AvgIpc) is 3.20. The fourth-order valence-corrected chi connectivity index (χ4v) is 5.39. The van der Waals surface area contributed by atoms with Crippen molar-refractivity contribution in [2.75, 3.05) is 4.90 Å². The highest BCUT2D eigenvalue weighted by molar-refractivity contribution is 9.10. The van der Waals surface area contributed by atoms with Crippen molar-refractivity contribution in [3.8, 4) is 5.75 Å². The van der Waals surface area contributed by atoms with Crippen molar-refractivity contribution in [2.24, 2.45) is 4.99 Å². The normalized spacial score (nSPS) is 15.5. The van der Waals surface area contributed by atoms with E-state index in [1.165, 1.54) is 11.8 Å². The van der Waals surface area contributed by atoms with Gasteiger partial charge in [-0.2, -0.15) is 0 Å². The van der Waals surface area contributed by atoms with Gasteiger partial charge in [-0.3, -0.25) is 9.69 Å². The lowest BCUT2D eigenvalue weighted by Crippen LogP contribution is -2.28. The maximum atomic E-state index is 13.7. The second kappa shape index (κ2) is 12.0. The van der Waals surface area contributed by atoms with Crippen LogP contribution in [-0.2, 0) is 11.4 Å². The monoisotopic (exact) mass is 642 g/mol. The van der Waals surface area contributed by atoms with Crippen LogP contribution in [0.25, 0.3) is 6.08 Å². The molecule has 0 N–H and O–H groups in total. The summed E-state index contributed by atoms with van der Waals surface area (Å²) in [7, 11) is 0. The summed E-state index contributed by atoms with van der Waals surface area (Å²) < 4.78 is 6.99. The molecule has 0 aliphatic carbocycles. The summed E-state index contributed by atoms with van der Waals surface area (Å²) in [5.74, 6) is 0.443. The van der Waals surface area contributed by atoms with Crippen LogP contribution in [0.4, 0.5) is 11.4 Å². The first kappa shape index (κ1) is 26.9. The van der Waals surface area contributed by atoms with E-state index in [2.05, 4.69) is 15.9 Å². The molecule has 1 saturated heterocycles. The minimum Gasteiger partial charge on any atom is -0.488 e. The predicted molar refractivity (Wildman–Crippen MR) is 163 cm³/mol. The maximum absolute atomic E-state index is 13.7.